The number of hydrogen-bond acceptors (Lipinski definition) is 5. The summed E-state index contributed by atoms with van der Waals surface area (Å²) in [5.74, 6) is 0.581. The molecule has 7 heteroatoms. The van der Waals surface area contributed by atoms with Crippen LogP contribution in [0.15, 0.2) is 36.8 Å². The number of imidazole rings is 1. The number of rotatable bonds is 4. The summed E-state index contributed by atoms with van der Waals surface area (Å²) in [6, 6.07) is 4.61. The lowest BCUT2D eigenvalue weighted by Gasteiger charge is -2.10. The van der Waals surface area contributed by atoms with Gasteiger partial charge in [0, 0.05) is 24.1 Å². The van der Waals surface area contributed by atoms with Crippen molar-refractivity contribution in [2.45, 2.75) is 6.92 Å². The van der Waals surface area contributed by atoms with Gasteiger partial charge in [-0.2, -0.15) is 0 Å². The molecule has 0 saturated carbocycles. The van der Waals surface area contributed by atoms with Crippen LogP contribution in [0.1, 0.15) is 6.92 Å². The van der Waals surface area contributed by atoms with E-state index in [0.717, 1.165) is 0 Å². The van der Waals surface area contributed by atoms with E-state index in [1.54, 1.807) is 42.0 Å². The fraction of sp³-hybridized carbons (Fsp3) is 0.143. The lowest BCUT2D eigenvalue weighted by molar-refractivity contribution is 0.321. The van der Waals surface area contributed by atoms with E-state index in [0.29, 0.717) is 29.6 Å². The van der Waals surface area contributed by atoms with Gasteiger partial charge in [0.15, 0.2) is 23.0 Å². The Kier molecular flexibility index (Phi) is 3.31. The molecule has 0 bridgehead atoms. The number of nitrogen functional groups attached to an aromatic ring is 1. The molecule has 2 heterocycles. The summed E-state index contributed by atoms with van der Waals surface area (Å²) < 4.78 is 20.8. The number of anilines is 3. The second-order valence-corrected chi connectivity index (χ2v) is 4.38. The summed E-state index contributed by atoms with van der Waals surface area (Å²) in [6.45, 7) is 2.21. The second kappa shape index (κ2) is 5.28. The molecule has 1 aromatic carbocycles. The third kappa shape index (κ3) is 2.58. The molecule has 3 N–H and O–H groups in total. The number of benzene rings is 1. The molecule has 0 saturated heterocycles. The Morgan fingerprint density at radius 1 is 1.43 bits per heavy atom. The number of hydrogen-bond donors (Lipinski definition) is 2. The second-order valence-electron chi connectivity index (χ2n) is 4.38. The van der Waals surface area contributed by atoms with E-state index in [1.807, 2.05) is 0 Å². The van der Waals surface area contributed by atoms with Gasteiger partial charge in [-0.25, -0.2) is 14.4 Å². The number of ether oxygens (including phenoxy) is 1. The minimum atomic E-state index is -0.440. The normalized spacial score (nSPS) is 10.8. The molecule has 21 heavy (non-hydrogen) atoms. The fourth-order valence-electron chi connectivity index (χ4n) is 2.02. The molecule has 0 unspecified atom stereocenters. The average Bonchev–Trinajstić information content (AvgIpc) is 2.90. The van der Waals surface area contributed by atoms with Gasteiger partial charge in [0.2, 0.25) is 0 Å². The lowest BCUT2D eigenvalue weighted by atomic mass is 10.3. The molecule has 0 aliphatic rings. The van der Waals surface area contributed by atoms with Crippen molar-refractivity contribution in [3.05, 3.63) is 42.6 Å². The molecule has 0 radical (unpaired) electrons. The van der Waals surface area contributed by atoms with Gasteiger partial charge < -0.3 is 20.2 Å². The first-order valence-electron chi connectivity index (χ1n) is 6.46. The summed E-state index contributed by atoms with van der Waals surface area (Å²) >= 11 is 0. The van der Waals surface area contributed by atoms with Crippen molar-refractivity contribution < 1.29 is 9.13 Å². The number of nitrogens with zero attached hydrogens (tertiary/aromatic N) is 3. The van der Waals surface area contributed by atoms with Gasteiger partial charge in [-0.15, -0.1) is 0 Å². The van der Waals surface area contributed by atoms with Crippen LogP contribution in [0.3, 0.4) is 0 Å². The molecule has 0 fully saturated rings. The Bertz CT molecular complexity index is 786. The van der Waals surface area contributed by atoms with Crippen LogP contribution in [0.25, 0.3) is 5.65 Å². The first-order chi connectivity index (χ1) is 10.2. The minimum Gasteiger partial charge on any atom is -0.491 e. The first-order valence-corrected chi connectivity index (χ1v) is 6.46. The fourth-order valence-corrected chi connectivity index (χ4v) is 2.02. The SMILES string of the molecule is CCOc1ccc(Nc2nc(N)cn3ccnc23)cc1F. The van der Waals surface area contributed by atoms with Gasteiger partial charge in [-0.3, -0.25) is 0 Å². The summed E-state index contributed by atoms with van der Waals surface area (Å²) in [4.78, 5) is 8.38. The van der Waals surface area contributed by atoms with Crippen molar-refractivity contribution in [1.29, 1.82) is 0 Å². The molecule has 3 rings (SSSR count). The third-order valence-electron chi connectivity index (χ3n) is 2.89. The zero-order chi connectivity index (χ0) is 14.8. The average molecular weight is 287 g/mol. The lowest BCUT2D eigenvalue weighted by Crippen LogP contribution is -2.02. The van der Waals surface area contributed by atoms with E-state index in [-0.39, 0.29) is 5.75 Å². The molecular weight excluding hydrogens is 273 g/mol. The van der Waals surface area contributed by atoms with E-state index >= 15 is 0 Å². The largest absolute Gasteiger partial charge is 0.491 e. The van der Waals surface area contributed by atoms with E-state index < -0.39 is 5.82 Å². The number of nitrogens with two attached hydrogens (primary N) is 1. The topological polar surface area (TPSA) is 77.5 Å². The molecule has 0 atom stereocenters. The predicted molar refractivity (Wildman–Crippen MR) is 78.3 cm³/mol. The molecule has 0 amide bonds. The summed E-state index contributed by atoms with van der Waals surface area (Å²) in [5.41, 5.74) is 6.89. The van der Waals surface area contributed by atoms with Crippen LogP contribution in [0.2, 0.25) is 0 Å². The van der Waals surface area contributed by atoms with Crippen LogP contribution in [-0.2, 0) is 0 Å². The van der Waals surface area contributed by atoms with E-state index in [1.165, 1.54) is 6.07 Å². The highest BCUT2D eigenvalue weighted by molar-refractivity contribution is 5.71. The standard InChI is InChI=1S/C14H14FN5O/c1-2-21-11-4-3-9(7-10(11)15)18-13-14-17-5-6-20(14)8-12(16)19-13/h3-8H,2,16H2,1H3,(H,18,19). The highest BCUT2D eigenvalue weighted by Gasteiger charge is 2.09. The maximum Gasteiger partial charge on any atom is 0.180 e. The van der Waals surface area contributed by atoms with Crippen molar-refractivity contribution in [3.8, 4) is 5.75 Å². The van der Waals surface area contributed by atoms with Gasteiger partial charge in [-0.05, 0) is 19.1 Å². The Morgan fingerprint density at radius 2 is 2.29 bits per heavy atom. The monoisotopic (exact) mass is 287 g/mol. The molecule has 2 aromatic heterocycles. The molecule has 0 spiro atoms. The van der Waals surface area contributed by atoms with Crippen molar-refractivity contribution >= 4 is 23.0 Å². The van der Waals surface area contributed by atoms with E-state index in [2.05, 4.69) is 15.3 Å². The van der Waals surface area contributed by atoms with Gasteiger partial charge in [0.05, 0.1) is 12.8 Å². The maximum atomic E-state index is 13.8. The summed E-state index contributed by atoms with van der Waals surface area (Å²) in [6.07, 6.45) is 5.06. The van der Waals surface area contributed by atoms with Gasteiger partial charge >= 0.3 is 0 Å². The van der Waals surface area contributed by atoms with E-state index in [9.17, 15) is 4.39 Å². The van der Waals surface area contributed by atoms with Crippen molar-refractivity contribution in [1.82, 2.24) is 14.4 Å². The number of aromatic nitrogens is 3. The maximum absolute atomic E-state index is 13.8. The van der Waals surface area contributed by atoms with Crippen LogP contribution in [0.4, 0.5) is 21.7 Å². The molecule has 0 aliphatic heterocycles. The molecule has 3 aromatic rings. The zero-order valence-corrected chi connectivity index (χ0v) is 11.4. The first kappa shape index (κ1) is 13.2. The Labute approximate surface area is 120 Å². The summed E-state index contributed by atoms with van der Waals surface area (Å²) in [5, 5.41) is 3.01. The van der Waals surface area contributed by atoms with Gasteiger partial charge in [0.25, 0.3) is 0 Å². The molecular formula is C14H14FN5O. The Hall–Kier alpha value is -2.83. The van der Waals surface area contributed by atoms with Crippen LogP contribution >= 0.6 is 0 Å². The Balaban J connectivity index is 1.95. The molecule has 0 aliphatic carbocycles. The Morgan fingerprint density at radius 3 is 3.05 bits per heavy atom. The third-order valence-corrected chi connectivity index (χ3v) is 2.89. The van der Waals surface area contributed by atoms with Gasteiger partial charge in [0.1, 0.15) is 5.82 Å². The van der Waals surface area contributed by atoms with Crippen LogP contribution < -0.4 is 15.8 Å². The smallest absolute Gasteiger partial charge is 0.180 e. The quantitative estimate of drug-likeness (QED) is 0.771. The van der Waals surface area contributed by atoms with E-state index in [4.69, 9.17) is 10.5 Å². The van der Waals surface area contributed by atoms with Gasteiger partial charge in [-0.1, -0.05) is 0 Å². The number of nitrogens with one attached hydrogen (secondary N) is 1. The highest BCUT2D eigenvalue weighted by atomic mass is 19.1. The zero-order valence-electron chi connectivity index (χ0n) is 11.4. The van der Waals surface area contributed by atoms with Crippen molar-refractivity contribution in [3.63, 3.8) is 0 Å². The summed E-state index contributed by atoms with van der Waals surface area (Å²) in [7, 11) is 0. The number of halogens is 1. The van der Waals surface area contributed by atoms with Crippen molar-refractivity contribution in [2.24, 2.45) is 0 Å². The minimum absolute atomic E-state index is 0.217. The number of fused-ring (bicyclic) bond motifs is 1. The van der Waals surface area contributed by atoms with Crippen molar-refractivity contribution in [2.75, 3.05) is 17.7 Å². The molecule has 6 nitrogen and oxygen atoms in total. The van der Waals surface area contributed by atoms with Crippen LogP contribution in [0, 0.1) is 5.82 Å². The highest BCUT2D eigenvalue weighted by Crippen LogP contribution is 2.25. The molecule has 108 valence electrons. The predicted octanol–water partition coefficient (Wildman–Crippen LogP) is 2.59. The van der Waals surface area contributed by atoms with Crippen LogP contribution in [0.5, 0.6) is 5.75 Å². The van der Waals surface area contributed by atoms with Crippen LogP contribution in [-0.4, -0.2) is 21.0 Å².